The van der Waals surface area contributed by atoms with E-state index in [-0.39, 0.29) is 0 Å². The Morgan fingerprint density at radius 2 is 1.56 bits per heavy atom. The Morgan fingerprint density at radius 1 is 0.688 bits per heavy atom. The summed E-state index contributed by atoms with van der Waals surface area (Å²) in [6, 6.07) is 17.1. The van der Waals surface area contributed by atoms with Crippen molar-refractivity contribution >= 4 is 22.7 Å². The van der Waals surface area contributed by atoms with Crippen molar-refractivity contribution in [3.05, 3.63) is 59.3 Å². The Bertz CT molecular complexity index is 562. The lowest BCUT2D eigenvalue weighted by atomic mass is 10.1. The zero-order valence-electron chi connectivity index (χ0n) is 8.59. The maximum absolute atomic E-state index is 2.27. The van der Waals surface area contributed by atoms with Gasteiger partial charge in [0.05, 0.1) is 0 Å². The maximum atomic E-state index is 2.27. The highest BCUT2D eigenvalue weighted by molar-refractivity contribution is 7.20. The molecule has 0 bridgehead atoms. The minimum absolute atomic E-state index is 1.29. The van der Waals surface area contributed by atoms with Gasteiger partial charge in [0.1, 0.15) is 0 Å². The van der Waals surface area contributed by atoms with Crippen molar-refractivity contribution in [2.24, 2.45) is 0 Å². The zero-order chi connectivity index (χ0) is 10.8. The minimum Gasteiger partial charge on any atom is -0.143 e. The van der Waals surface area contributed by atoms with Gasteiger partial charge in [-0.05, 0) is 34.0 Å². The van der Waals surface area contributed by atoms with Crippen LogP contribution in [0.25, 0.3) is 20.9 Å². The summed E-state index contributed by atoms with van der Waals surface area (Å²) in [5.74, 6) is 0. The normalized spacial score (nSPS) is 10.5. The average Bonchev–Trinajstić information content (AvgIpc) is 3.01. The van der Waals surface area contributed by atoms with E-state index in [0.717, 1.165) is 0 Å². The third kappa shape index (κ3) is 1.82. The number of rotatable bonds is 2. The lowest BCUT2D eigenvalue weighted by Crippen LogP contribution is -1.70. The molecule has 0 aliphatic rings. The Morgan fingerprint density at radius 3 is 2.31 bits per heavy atom. The fourth-order valence-electron chi connectivity index (χ4n) is 1.67. The standard InChI is InChI=1S/C14H10S2/c1-2-5-11(6-3-1)12-9-14(16-10-12)13-7-4-8-15-13/h1-10H. The molecule has 0 aliphatic carbocycles. The van der Waals surface area contributed by atoms with E-state index < -0.39 is 0 Å². The number of hydrogen-bond acceptors (Lipinski definition) is 2. The van der Waals surface area contributed by atoms with Crippen molar-refractivity contribution in [2.45, 2.75) is 0 Å². The van der Waals surface area contributed by atoms with Crippen LogP contribution >= 0.6 is 22.7 Å². The van der Waals surface area contributed by atoms with Gasteiger partial charge in [-0.3, -0.25) is 0 Å². The monoisotopic (exact) mass is 242 g/mol. The Hall–Kier alpha value is -1.38. The lowest BCUT2D eigenvalue weighted by molar-refractivity contribution is 1.68. The molecule has 0 saturated heterocycles. The van der Waals surface area contributed by atoms with Crippen molar-refractivity contribution in [1.82, 2.24) is 0 Å². The molecule has 3 rings (SSSR count). The summed E-state index contributed by atoms with van der Waals surface area (Å²) in [6.07, 6.45) is 0. The highest BCUT2D eigenvalue weighted by Crippen LogP contribution is 2.34. The second-order valence-corrected chi connectivity index (χ2v) is 5.40. The van der Waals surface area contributed by atoms with Gasteiger partial charge in [0.25, 0.3) is 0 Å². The van der Waals surface area contributed by atoms with Gasteiger partial charge in [0.15, 0.2) is 0 Å². The molecular weight excluding hydrogens is 232 g/mol. The molecule has 2 aromatic heterocycles. The molecule has 0 amide bonds. The van der Waals surface area contributed by atoms with E-state index in [1.807, 2.05) is 11.3 Å². The highest BCUT2D eigenvalue weighted by atomic mass is 32.1. The van der Waals surface area contributed by atoms with Crippen LogP contribution in [0.3, 0.4) is 0 Å². The first-order valence-electron chi connectivity index (χ1n) is 5.11. The maximum Gasteiger partial charge on any atom is 0.0448 e. The van der Waals surface area contributed by atoms with E-state index in [1.54, 1.807) is 11.3 Å². The van der Waals surface area contributed by atoms with Crippen LogP contribution in [0.5, 0.6) is 0 Å². The first-order chi connectivity index (χ1) is 7.93. The van der Waals surface area contributed by atoms with Gasteiger partial charge < -0.3 is 0 Å². The predicted molar refractivity (Wildman–Crippen MR) is 73.1 cm³/mol. The van der Waals surface area contributed by atoms with E-state index in [2.05, 4.69) is 59.3 Å². The van der Waals surface area contributed by atoms with Crippen LogP contribution in [-0.2, 0) is 0 Å². The largest absolute Gasteiger partial charge is 0.143 e. The number of hydrogen-bond donors (Lipinski definition) is 0. The summed E-state index contributed by atoms with van der Waals surface area (Å²) in [5.41, 5.74) is 2.61. The molecule has 16 heavy (non-hydrogen) atoms. The van der Waals surface area contributed by atoms with Crippen molar-refractivity contribution in [3.8, 4) is 20.9 Å². The number of thiophene rings is 2. The van der Waals surface area contributed by atoms with Crippen LogP contribution < -0.4 is 0 Å². The van der Waals surface area contributed by atoms with E-state index in [4.69, 9.17) is 0 Å². The fraction of sp³-hybridized carbons (Fsp3) is 0. The van der Waals surface area contributed by atoms with Gasteiger partial charge in [0, 0.05) is 9.75 Å². The van der Waals surface area contributed by atoms with Crippen LogP contribution in [0.4, 0.5) is 0 Å². The SMILES string of the molecule is c1ccc(-c2csc(-c3cccs3)c2)cc1. The lowest BCUT2D eigenvalue weighted by Gasteiger charge is -1.94. The molecule has 78 valence electrons. The molecule has 2 heteroatoms. The van der Waals surface area contributed by atoms with Crippen LogP contribution in [0.2, 0.25) is 0 Å². The molecule has 0 nitrogen and oxygen atoms in total. The van der Waals surface area contributed by atoms with Crippen LogP contribution in [0.15, 0.2) is 59.3 Å². The smallest absolute Gasteiger partial charge is 0.0448 e. The van der Waals surface area contributed by atoms with E-state index in [0.29, 0.717) is 0 Å². The van der Waals surface area contributed by atoms with Gasteiger partial charge in [-0.25, -0.2) is 0 Å². The van der Waals surface area contributed by atoms with E-state index >= 15 is 0 Å². The van der Waals surface area contributed by atoms with Crippen LogP contribution in [0.1, 0.15) is 0 Å². The molecule has 1 aromatic carbocycles. The summed E-state index contributed by atoms with van der Waals surface area (Å²) >= 11 is 3.61. The minimum atomic E-state index is 1.29. The first-order valence-corrected chi connectivity index (χ1v) is 6.87. The molecule has 3 aromatic rings. The summed E-state index contributed by atoms with van der Waals surface area (Å²) in [4.78, 5) is 2.71. The van der Waals surface area contributed by atoms with E-state index in [1.165, 1.54) is 20.9 Å². The molecular formula is C14H10S2. The quantitative estimate of drug-likeness (QED) is 0.583. The average molecular weight is 242 g/mol. The molecule has 0 unspecified atom stereocenters. The van der Waals surface area contributed by atoms with Crippen LogP contribution in [-0.4, -0.2) is 0 Å². The first kappa shape index (κ1) is 9.82. The molecule has 0 N–H and O–H groups in total. The van der Waals surface area contributed by atoms with Gasteiger partial charge in [-0.1, -0.05) is 36.4 Å². The fourth-order valence-corrected chi connectivity index (χ4v) is 3.43. The van der Waals surface area contributed by atoms with Gasteiger partial charge in [0.2, 0.25) is 0 Å². The van der Waals surface area contributed by atoms with Gasteiger partial charge in [-0.15, -0.1) is 22.7 Å². The topological polar surface area (TPSA) is 0 Å². The molecule has 0 atom stereocenters. The molecule has 0 fully saturated rings. The molecule has 0 aliphatic heterocycles. The van der Waals surface area contributed by atoms with Gasteiger partial charge >= 0.3 is 0 Å². The summed E-state index contributed by atoms with van der Waals surface area (Å²) in [7, 11) is 0. The Labute approximate surface area is 103 Å². The van der Waals surface area contributed by atoms with Crippen molar-refractivity contribution in [3.63, 3.8) is 0 Å². The highest BCUT2D eigenvalue weighted by Gasteiger charge is 2.04. The van der Waals surface area contributed by atoms with Crippen molar-refractivity contribution in [2.75, 3.05) is 0 Å². The van der Waals surface area contributed by atoms with Crippen molar-refractivity contribution < 1.29 is 0 Å². The second-order valence-electron chi connectivity index (χ2n) is 3.54. The zero-order valence-corrected chi connectivity index (χ0v) is 10.2. The molecule has 0 saturated carbocycles. The third-order valence-electron chi connectivity index (χ3n) is 2.47. The van der Waals surface area contributed by atoms with Crippen LogP contribution in [0, 0.1) is 0 Å². The Kier molecular flexibility index (Phi) is 2.60. The van der Waals surface area contributed by atoms with Crippen molar-refractivity contribution in [1.29, 1.82) is 0 Å². The Balaban J connectivity index is 2.00. The number of benzene rings is 1. The second kappa shape index (κ2) is 4.24. The third-order valence-corrected chi connectivity index (χ3v) is 4.47. The predicted octanol–water partition coefficient (Wildman–Crippen LogP) is 5.14. The summed E-state index contributed by atoms with van der Waals surface area (Å²) in [5, 5.41) is 4.35. The molecule has 2 heterocycles. The molecule has 0 spiro atoms. The summed E-state index contributed by atoms with van der Waals surface area (Å²) in [6.45, 7) is 0. The van der Waals surface area contributed by atoms with E-state index in [9.17, 15) is 0 Å². The molecule has 0 radical (unpaired) electrons. The summed E-state index contributed by atoms with van der Waals surface area (Å²) < 4.78 is 0. The van der Waals surface area contributed by atoms with Gasteiger partial charge in [-0.2, -0.15) is 0 Å².